The summed E-state index contributed by atoms with van der Waals surface area (Å²) in [5.41, 5.74) is 0. The van der Waals surface area contributed by atoms with E-state index in [0.29, 0.717) is 16.7 Å². The van der Waals surface area contributed by atoms with Crippen molar-refractivity contribution in [2.45, 2.75) is 0 Å². The number of hydrogen-bond donors (Lipinski definition) is 0. The highest BCUT2D eigenvalue weighted by atomic mass is 79.9. The van der Waals surface area contributed by atoms with Gasteiger partial charge in [-0.05, 0) is 62.2 Å². The molecule has 82 valence electrons. The maximum Gasteiger partial charge on any atom is 0.233 e. The lowest BCUT2D eigenvalue weighted by Gasteiger charge is -2.06. The molecular formula is C11H6Br2ClNO. The Morgan fingerprint density at radius 2 is 1.94 bits per heavy atom. The van der Waals surface area contributed by atoms with Crippen LogP contribution in [0.4, 0.5) is 0 Å². The maximum atomic E-state index is 5.89. The molecule has 2 aromatic rings. The zero-order valence-electron chi connectivity index (χ0n) is 7.95. The topological polar surface area (TPSA) is 22.1 Å². The number of hydrogen-bond acceptors (Lipinski definition) is 2. The van der Waals surface area contributed by atoms with E-state index in [2.05, 4.69) is 36.8 Å². The zero-order chi connectivity index (χ0) is 11.5. The standard InChI is InChI=1S/C11H6Br2ClNO/c12-8-2-1-5-15-11(8)16-7-3-4-10(14)9(13)6-7/h1-6H. The Kier molecular flexibility index (Phi) is 3.84. The van der Waals surface area contributed by atoms with Gasteiger partial charge in [0.15, 0.2) is 0 Å². The summed E-state index contributed by atoms with van der Waals surface area (Å²) < 4.78 is 7.20. The minimum atomic E-state index is 0.525. The van der Waals surface area contributed by atoms with Crippen molar-refractivity contribution in [3.63, 3.8) is 0 Å². The first-order valence-corrected chi connectivity index (χ1v) is 6.36. The molecule has 0 unspecified atom stereocenters. The number of ether oxygens (including phenoxy) is 1. The van der Waals surface area contributed by atoms with Crippen LogP contribution in [0.3, 0.4) is 0 Å². The van der Waals surface area contributed by atoms with Crippen LogP contribution in [-0.2, 0) is 0 Å². The molecule has 0 aliphatic rings. The Hall–Kier alpha value is -0.580. The Morgan fingerprint density at radius 3 is 2.62 bits per heavy atom. The van der Waals surface area contributed by atoms with Crippen LogP contribution in [0.5, 0.6) is 11.6 Å². The highest BCUT2D eigenvalue weighted by Crippen LogP contribution is 2.31. The maximum absolute atomic E-state index is 5.89. The van der Waals surface area contributed by atoms with Crippen LogP contribution in [0, 0.1) is 0 Å². The molecule has 0 aliphatic heterocycles. The molecule has 0 amide bonds. The van der Waals surface area contributed by atoms with Crippen molar-refractivity contribution >= 4 is 43.5 Å². The summed E-state index contributed by atoms with van der Waals surface area (Å²) in [5.74, 6) is 1.20. The van der Waals surface area contributed by atoms with Crippen molar-refractivity contribution in [2.24, 2.45) is 0 Å². The summed E-state index contributed by atoms with van der Waals surface area (Å²) in [4.78, 5) is 4.11. The smallest absolute Gasteiger partial charge is 0.233 e. The van der Waals surface area contributed by atoms with Gasteiger partial charge in [-0.25, -0.2) is 4.98 Å². The summed E-state index contributed by atoms with van der Waals surface area (Å²) >= 11 is 12.6. The fraction of sp³-hybridized carbons (Fsp3) is 0. The number of aromatic nitrogens is 1. The van der Waals surface area contributed by atoms with Crippen molar-refractivity contribution in [3.8, 4) is 11.6 Å². The molecule has 1 aromatic carbocycles. The minimum absolute atomic E-state index is 0.525. The molecule has 0 saturated heterocycles. The molecule has 0 N–H and O–H groups in total. The third kappa shape index (κ3) is 2.75. The van der Waals surface area contributed by atoms with Gasteiger partial charge in [-0.1, -0.05) is 11.6 Å². The van der Waals surface area contributed by atoms with E-state index < -0.39 is 0 Å². The summed E-state index contributed by atoms with van der Waals surface area (Å²) in [6.07, 6.45) is 1.67. The molecule has 5 heteroatoms. The van der Waals surface area contributed by atoms with Crippen molar-refractivity contribution < 1.29 is 4.74 Å². The van der Waals surface area contributed by atoms with Crippen LogP contribution in [0.15, 0.2) is 45.5 Å². The highest BCUT2D eigenvalue weighted by Gasteiger charge is 2.05. The number of benzene rings is 1. The predicted molar refractivity (Wildman–Crippen MR) is 71.2 cm³/mol. The highest BCUT2D eigenvalue weighted by molar-refractivity contribution is 9.10. The van der Waals surface area contributed by atoms with Gasteiger partial charge in [-0.15, -0.1) is 0 Å². The first-order valence-electron chi connectivity index (χ1n) is 4.40. The lowest BCUT2D eigenvalue weighted by Crippen LogP contribution is -1.88. The van der Waals surface area contributed by atoms with Crippen LogP contribution in [0.2, 0.25) is 5.02 Å². The van der Waals surface area contributed by atoms with Gasteiger partial charge in [0.1, 0.15) is 5.75 Å². The molecule has 0 bridgehead atoms. The Labute approximate surface area is 115 Å². The summed E-state index contributed by atoms with van der Waals surface area (Å²) in [6, 6.07) is 9.04. The van der Waals surface area contributed by atoms with E-state index in [1.54, 1.807) is 24.4 Å². The summed E-state index contributed by atoms with van der Waals surface area (Å²) in [5, 5.41) is 0.646. The van der Waals surface area contributed by atoms with E-state index in [9.17, 15) is 0 Å². The SMILES string of the molecule is Clc1ccc(Oc2ncccc2Br)cc1Br. The fourth-order valence-corrected chi connectivity index (χ4v) is 1.91. The molecule has 2 rings (SSSR count). The Morgan fingerprint density at radius 1 is 1.12 bits per heavy atom. The third-order valence-corrected chi connectivity index (χ3v) is 3.65. The summed E-state index contributed by atoms with van der Waals surface area (Å²) in [6.45, 7) is 0. The van der Waals surface area contributed by atoms with Gasteiger partial charge >= 0.3 is 0 Å². The molecule has 0 aliphatic carbocycles. The van der Waals surface area contributed by atoms with Gasteiger partial charge in [-0.2, -0.15) is 0 Å². The van der Waals surface area contributed by atoms with Crippen LogP contribution < -0.4 is 4.74 Å². The second-order valence-corrected chi connectivity index (χ2v) is 5.08. The first kappa shape index (κ1) is 11.9. The minimum Gasteiger partial charge on any atom is -0.438 e. The molecule has 0 fully saturated rings. The van der Waals surface area contributed by atoms with E-state index in [1.807, 2.05) is 12.1 Å². The first-order chi connectivity index (χ1) is 7.66. The van der Waals surface area contributed by atoms with Crippen LogP contribution in [0.25, 0.3) is 0 Å². The molecule has 0 radical (unpaired) electrons. The largest absolute Gasteiger partial charge is 0.438 e. The van der Waals surface area contributed by atoms with Crippen molar-refractivity contribution in [1.82, 2.24) is 4.98 Å². The van der Waals surface area contributed by atoms with Crippen molar-refractivity contribution in [3.05, 3.63) is 50.5 Å². The predicted octanol–water partition coefficient (Wildman–Crippen LogP) is 5.05. The van der Waals surface area contributed by atoms with Gasteiger partial charge in [0.2, 0.25) is 5.88 Å². The average Bonchev–Trinajstić information content (AvgIpc) is 2.27. The van der Waals surface area contributed by atoms with E-state index in [0.717, 1.165) is 8.95 Å². The molecule has 0 saturated carbocycles. The average molecular weight is 363 g/mol. The second kappa shape index (κ2) is 5.17. The van der Waals surface area contributed by atoms with Gasteiger partial charge in [0, 0.05) is 10.7 Å². The van der Waals surface area contributed by atoms with Crippen LogP contribution in [0.1, 0.15) is 0 Å². The lowest BCUT2D eigenvalue weighted by molar-refractivity contribution is 0.459. The molecule has 16 heavy (non-hydrogen) atoms. The van der Waals surface area contributed by atoms with Gasteiger partial charge in [-0.3, -0.25) is 0 Å². The fourth-order valence-electron chi connectivity index (χ4n) is 1.10. The molecule has 2 nitrogen and oxygen atoms in total. The molecular weight excluding hydrogens is 357 g/mol. The van der Waals surface area contributed by atoms with Crippen molar-refractivity contribution in [1.29, 1.82) is 0 Å². The van der Waals surface area contributed by atoms with Crippen molar-refractivity contribution in [2.75, 3.05) is 0 Å². The van der Waals surface area contributed by atoms with E-state index >= 15 is 0 Å². The quantitative estimate of drug-likeness (QED) is 0.745. The Balaban J connectivity index is 2.28. The molecule has 0 atom stereocenters. The van der Waals surface area contributed by atoms with E-state index in [4.69, 9.17) is 16.3 Å². The monoisotopic (exact) mass is 361 g/mol. The lowest BCUT2D eigenvalue weighted by atomic mass is 10.3. The number of rotatable bonds is 2. The Bertz CT molecular complexity index is 519. The van der Waals surface area contributed by atoms with Crippen LogP contribution >= 0.6 is 43.5 Å². The normalized spacial score (nSPS) is 10.2. The number of halogens is 3. The van der Waals surface area contributed by atoms with Gasteiger partial charge < -0.3 is 4.74 Å². The second-order valence-electron chi connectivity index (χ2n) is 2.97. The van der Waals surface area contributed by atoms with E-state index in [-0.39, 0.29) is 0 Å². The molecule has 1 heterocycles. The number of pyridine rings is 1. The third-order valence-electron chi connectivity index (χ3n) is 1.83. The van der Waals surface area contributed by atoms with Gasteiger partial charge in [0.05, 0.1) is 9.50 Å². The zero-order valence-corrected chi connectivity index (χ0v) is 11.9. The van der Waals surface area contributed by atoms with E-state index in [1.165, 1.54) is 0 Å². The van der Waals surface area contributed by atoms with Crippen LogP contribution in [-0.4, -0.2) is 4.98 Å². The summed E-state index contributed by atoms with van der Waals surface area (Å²) in [7, 11) is 0. The molecule has 0 spiro atoms. The molecule has 1 aromatic heterocycles. The number of nitrogens with zero attached hydrogens (tertiary/aromatic N) is 1. The van der Waals surface area contributed by atoms with Gasteiger partial charge in [0.25, 0.3) is 0 Å².